The predicted molar refractivity (Wildman–Crippen MR) is 58.8 cm³/mol. The summed E-state index contributed by atoms with van der Waals surface area (Å²) in [5.41, 5.74) is -1.94. The summed E-state index contributed by atoms with van der Waals surface area (Å²) >= 11 is 0. The second-order valence-corrected chi connectivity index (χ2v) is 4.25. The van der Waals surface area contributed by atoms with Crippen molar-refractivity contribution in [1.82, 2.24) is 0 Å². The van der Waals surface area contributed by atoms with Gasteiger partial charge in [-0.1, -0.05) is 32.1 Å². The van der Waals surface area contributed by atoms with E-state index in [9.17, 15) is 10.2 Å². The van der Waals surface area contributed by atoms with Gasteiger partial charge in [0.1, 0.15) is 11.2 Å². The first-order chi connectivity index (χ1) is 6.33. The van der Waals surface area contributed by atoms with Gasteiger partial charge in [-0.05, 0) is 33.1 Å². The highest BCUT2D eigenvalue weighted by Crippen LogP contribution is 2.14. The molecule has 0 bridgehead atoms. The van der Waals surface area contributed by atoms with Crippen LogP contribution in [0.15, 0.2) is 0 Å². The van der Waals surface area contributed by atoms with E-state index in [1.54, 1.807) is 13.8 Å². The van der Waals surface area contributed by atoms with Gasteiger partial charge in [0.25, 0.3) is 0 Å². The van der Waals surface area contributed by atoms with E-state index in [1.165, 1.54) is 0 Å². The molecule has 0 radical (unpaired) electrons. The number of hydrogen-bond acceptors (Lipinski definition) is 2. The van der Waals surface area contributed by atoms with Crippen LogP contribution in [0.1, 0.15) is 53.4 Å². The van der Waals surface area contributed by atoms with Crippen LogP contribution in [-0.4, -0.2) is 21.4 Å². The van der Waals surface area contributed by atoms with Gasteiger partial charge in [0, 0.05) is 0 Å². The van der Waals surface area contributed by atoms with Crippen LogP contribution in [0.2, 0.25) is 0 Å². The molecule has 0 amide bonds. The lowest BCUT2D eigenvalue weighted by Gasteiger charge is -2.18. The van der Waals surface area contributed by atoms with Crippen molar-refractivity contribution in [1.29, 1.82) is 0 Å². The highest BCUT2D eigenvalue weighted by molar-refractivity contribution is 5.18. The second kappa shape index (κ2) is 5.38. The van der Waals surface area contributed by atoms with Gasteiger partial charge < -0.3 is 10.2 Å². The first kappa shape index (κ1) is 13.5. The molecule has 0 aromatic heterocycles. The zero-order valence-electron chi connectivity index (χ0n) is 9.72. The molecule has 82 valence electrons. The molecule has 0 saturated heterocycles. The Morgan fingerprint density at radius 3 is 1.93 bits per heavy atom. The molecule has 2 heteroatoms. The topological polar surface area (TPSA) is 40.5 Å². The lowest BCUT2D eigenvalue weighted by atomic mass is 9.97. The van der Waals surface area contributed by atoms with Crippen LogP contribution >= 0.6 is 0 Å². The Morgan fingerprint density at radius 2 is 1.50 bits per heavy atom. The quantitative estimate of drug-likeness (QED) is 0.679. The monoisotopic (exact) mass is 198 g/mol. The molecular weight excluding hydrogens is 176 g/mol. The van der Waals surface area contributed by atoms with Crippen LogP contribution in [0.5, 0.6) is 0 Å². The Hall–Kier alpha value is -0.520. The third-order valence-electron chi connectivity index (χ3n) is 2.31. The van der Waals surface area contributed by atoms with Crippen LogP contribution in [0, 0.1) is 11.8 Å². The van der Waals surface area contributed by atoms with Gasteiger partial charge in [-0.15, -0.1) is 0 Å². The average Bonchev–Trinajstić information content (AvgIpc) is 2.12. The summed E-state index contributed by atoms with van der Waals surface area (Å²) in [6.45, 7) is 7.30. The minimum Gasteiger partial charge on any atom is -0.378 e. The van der Waals surface area contributed by atoms with E-state index in [-0.39, 0.29) is 0 Å². The standard InChI is InChI=1S/C12H22O2/c1-5-7-8-12(4,14)10-9-11(3,13)6-2/h13-14H,5-8H2,1-4H3. The average molecular weight is 198 g/mol. The SMILES string of the molecule is CCCCC(C)(O)C#CC(C)(O)CC. The summed E-state index contributed by atoms with van der Waals surface area (Å²) in [6.07, 6.45) is 3.23. The van der Waals surface area contributed by atoms with Crippen LogP contribution in [0.4, 0.5) is 0 Å². The molecule has 2 N–H and O–H groups in total. The maximum absolute atomic E-state index is 9.82. The van der Waals surface area contributed by atoms with Crippen LogP contribution in [0.3, 0.4) is 0 Å². The fourth-order valence-electron chi connectivity index (χ4n) is 0.941. The molecule has 2 atom stereocenters. The fraction of sp³-hybridized carbons (Fsp3) is 0.833. The molecule has 0 aliphatic rings. The van der Waals surface area contributed by atoms with Crippen molar-refractivity contribution in [3.8, 4) is 11.8 Å². The zero-order chi connectivity index (χ0) is 11.2. The summed E-state index contributed by atoms with van der Waals surface area (Å²) in [6, 6.07) is 0. The molecular formula is C12H22O2. The molecule has 2 nitrogen and oxygen atoms in total. The molecule has 0 fully saturated rings. The van der Waals surface area contributed by atoms with E-state index in [0.29, 0.717) is 12.8 Å². The summed E-state index contributed by atoms with van der Waals surface area (Å²) in [5.74, 6) is 5.45. The van der Waals surface area contributed by atoms with Gasteiger partial charge in [-0.2, -0.15) is 0 Å². The molecule has 0 aliphatic carbocycles. The van der Waals surface area contributed by atoms with Gasteiger partial charge in [0.15, 0.2) is 0 Å². The van der Waals surface area contributed by atoms with E-state index in [0.717, 1.165) is 12.8 Å². The number of aliphatic hydroxyl groups is 2. The van der Waals surface area contributed by atoms with Crippen molar-refractivity contribution in [3.63, 3.8) is 0 Å². The van der Waals surface area contributed by atoms with Gasteiger partial charge in [0.2, 0.25) is 0 Å². The van der Waals surface area contributed by atoms with Gasteiger partial charge in [-0.3, -0.25) is 0 Å². The summed E-state index contributed by atoms with van der Waals surface area (Å²) < 4.78 is 0. The smallest absolute Gasteiger partial charge is 0.122 e. The van der Waals surface area contributed by atoms with E-state index in [1.807, 2.05) is 6.92 Å². The van der Waals surface area contributed by atoms with Crippen molar-refractivity contribution >= 4 is 0 Å². The van der Waals surface area contributed by atoms with Gasteiger partial charge in [-0.25, -0.2) is 0 Å². The maximum Gasteiger partial charge on any atom is 0.122 e. The Labute approximate surface area is 87.3 Å². The number of rotatable bonds is 4. The van der Waals surface area contributed by atoms with Crippen LogP contribution in [-0.2, 0) is 0 Å². The zero-order valence-corrected chi connectivity index (χ0v) is 9.72. The molecule has 0 saturated carbocycles. The minimum absolute atomic E-state index is 0.573. The van der Waals surface area contributed by atoms with Crippen LogP contribution < -0.4 is 0 Å². The summed E-state index contributed by atoms with van der Waals surface area (Å²) in [7, 11) is 0. The Kier molecular flexibility index (Phi) is 5.18. The lowest BCUT2D eigenvalue weighted by molar-refractivity contribution is 0.101. The van der Waals surface area contributed by atoms with Crippen molar-refractivity contribution in [2.45, 2.75) is 64.6 Å². The minimum atomic E-state index is -0.976. The Bertz CT molecular complexity index is 218. The largest absolute Gasteiger partial charge is 0.378 e. The van der Waals surface area contributed by atoms with E-state index < -0.39 is 11.2 Å². The molecule has 0 rings (SSSR count). The van der Waals surface area contributed by atoms with Crippen molar-refractivity contribution in [3.05, 3.63) is 0 Å². The molecule has 0 heterocycles. The molecule has 2 unspecified atom stereocenters. The lowest BCUT2D eigenvalue weighted by Crippen LogP contribution is -2.25. The number of unbranched alkanes of at least 4 members (excludes halogenated alkanes) is 1. The van der Waals surface area contributed by atoms with E-state index >= 15 is 0 Å². The summed E-state index contributed by atoms with van der Waals surface area (Å²) in [5, 5.41) is 19.4. The molecule has 0 spiro atoms. The Morgan fingerprint density at radius 1 is 1.00 bits per heavy atom. The number of hydrogen-bond donors (Lipinski definition) is 2. The first-order valence-corrected chi connectivity index (χ1v) is 5.32. The van der Waals surface area contributed by atoms with E-state index in [4.69, 9.17) is 0 Å². The molecule has 14 heavy (non-hydrogen) atoms. The van der Waals surface area contributed by atoms with Gasteiger partial charge >= 0.3 is 0 Å². The normalized spacial score (nSPS) is 19.0. The predicted octanol–water partition coefficient (Wildman–Crippen LogP) is 2.09. The van der Waals surface area contributed by atoms with E-state index in [2.05, 4.69) is 18.8 Å². The third kappa shape index (κ3) is 6.01. The van der Waals surface area contributed by atoms with Crippen molar-refractivity contribution < 1.29 is 10.2 Å². The molecule has 0 aromatic rings. The highest BCUT2D eigenvalue weighted by Gasteiger charge is 2.18. The summed E-state index contributed by atoms with van der Waals surface area (Å²) in [4.78, 5) is 0. The highest BCUT2D eigenvalue weighted by atomic mass is 16.3. The van der Waals surface area contributed by atoms with Crippen LogP contribution in [0.25, 0.3) is 0 Å². The Balaban J connectivity index is 4.32. The molecule has 0 aromatic carbocycles. The first-order valence-electron chi connectivity index (χ1n) is 5.32. The maximum atomic E-state index is 9.82. The van der Waals surface area contributed by atoms with Crippen molar-refractivity contribution in [2.24, 2.45) is 0 Å². The fourth-order valence-corrected chi connectivity index (χ4v) is 0.941. The second-order valence-electron chi connectivity index (χ2n) is 4.25. The molecule has 0 aliphatic heterocycles. The third-order valence-corrected chi connectivity index (χ3v) is 2.31. The van der Waals surface area contributed by atoms with Gasteiger partial charge in [0.05, 0.1) is 0 Å². The van der Waals surface area contributed by atoms with Crippen molar-refractivity contribution in [2.75, 3.05) is 0 Å².